The third-order valence-electron chi connectivity index (χ3n) is 6.09. The van der Waals surface area contributed by atoms with Crippen LogP contribution >= 0.6 is 0 Å². The number of nitrogens with two attached hydrogens (primary N) is 1. The molecule has 1 aliphatic heterocycles. The predicted molar refractivity (Wildman–Crippen MR) is 122 cm³/mol. The van der Waals surface area contributed by atoms with E-state index in [9.17, 15) is 4.39 Å². The predicted octanol–water partition coefficient (Wildman–Crippen LogP) is 5.01. The van der Waals surface area contributed by atoms with Crippen molar-refractivity contribution in [3.63, 3.8) is 0 Å². The summed E-state index contributed by atoms with van der Waals surface area (Å²) in [7, 11) is 0. The molecular weight excluding hydrogens is 377 g/mol. The first-order valence-electron chi connectivity index (χ1n) is 10.9. The Labute approximate surface area is 178 Å². The molecular formula is C25H32FN3O. The van der Waals surface area contributed by atoms with E-state index < -0.39 is 0 Å². The van der Waals surface area contributed by atoms with Gasteiger partial charge in [0.1, 0.15) is 11.9 Å². The van der Waals surface area contributed by atoms with Gasteiger partial charge in [-0.15, -0.1) is 0 Å². The highest BCUT2D eigenvalue weighted by Crippen LogP contribution is 2.27. The molecule has 1 aromatic carbocycles. The normalized spacial score (nSPS) is 19.4. The minimum atomic E-state index is -0.0583. The van der Waals surface area contributed by atoms with Crippen LogP contribution in [0.4, 0.5) is 4.39 Å². The Balaban J connectivity index is 1.30. The zero-order chi connectivity index (χ0) is 21.1. The van der Waals surface area contributed by atoms with E-state index in [1.807, 2.05) is 0 Å². The van der Waals surface area contributed by atoms with Crippen LogP contribution in [0.25, 0.3) is 16.5 Å². The number of allylic oxidation sites excluding steroid dienone is 5. The lowest BCUT2D eigenvalue weighted by Crippen LogP contribution is -2.45. The molecule has 4 rings (SSSR count). The average molecular weight is 410 g/mol. The maximum absolute atomic E-state index is 13.1. The molecule has 0 radical (unpaired) electrons. The van der Waals surface area contributed by atoms with Crippen molar-refractivity contribution in [3.05, 3.63) is 66.3 Å². The summed E-state index contributed by atoms with van der Waals surface area (Å²) in [4.78, 5) is 2.44. The number of likely N-dealkylation sites (tertiary alicyclic amines) is 1. The molecule has 1 atom stereocenters. The Kier molecular flexibility index (Phi) is 6.40. The fourth-order valence-corrected chi connectivity index (χ4v) is 4.49. The van der Waals surface area contributed by atoms with Gasteiger partial charge in [0.2, 0.25) is 0 Å². The Morgan fingerprint density at radius 2 is 1.97 bits per heavy atom. The molecule has 0 spiro atoms. The van der Waals surface area contributed by atoms with Gasteiger partial charge in [-0.3, -0.25) is 0 Å². The zero-order valence-electron chi connectivity index (χ0n) is 17.8. The molecule has 2 heterocycles. The molecule has 2 aromatic rings. The summed E-state index contributed by atoms with van der Waals surface area (Å²) in [5.74, 6) is 0.858. The number of benzene rings is 1. The number of ether oxygens (including phenoxy) is 1. The number of piperidine rings is 1. The molecule has 0 saturated carbocycles. The molecule has 4 nitrogen and oxygen atoms in total. The summed E-state index contributed by atoms with van der Waals surface area (Å²) in [5.41, 5.74) is 10.0. The quantitative estimate of drug-likeness (QED) is 0.699. The highest BCUT2D eigenvalue weighted by molar-refractivity contribution is 5.92. The van der Waals surface area contributed by atoms with Crippen LogP contribution in [0.3, 0.4) is 0 Å². The van der Waals surface area contributed by atoms with E-state index in [0.29, 0.717) is 12.8 Å². The number of nitrogens with zero attached hydrogens (tertiary/aromatic N) is 2. The lowest BCUT2D eigenvalue weighted by atomic mass is 10.1. The van der Waals surface area contributed by atoms with E-state index in [2.05, 4.69) is 53.4 Å². The molecule has 1 aliphatic carbocycles. The topological polar surface area (TPSA) is 43.4 Å². The number of para-hydroxylation sites is 1. The van der Waals surface area contributed by atoms with Crippen molar-refractivity contribution in [1.29, 1.82) is 0 Å². The Morgan fingerprint density at radius 3 is 2.67 bits per heavy atom. The van der Waals surface area contributed by atoms with Crippen LogP contribution in [0.2, 0.25) is 0 Å². The Morgan fingerprint density at radius 1 is 1.20 bits per heavy atom. The van der Waals surface area contributed by atoms with E-state index in [4.69, 9.17) is 10.5 Å². The van der Waals surface area contributed by atoms with Crippen molar-refractivity contribution >= 4 is 16.5 Å². The number of fused-ring (bicyclic) bond motifs is 1. The Bertz CT molecular complexity index is 966. The maximum atomic E-state index is 13.1. The summed E-state index contributed by atoms with van der Waals surface area (Å²) in [6.45, 7) is 9.80. The number of halogens is 1. The van der Waals surface area contributed by atoms with E-state index in [1.165, 1.54) is 22.5 Å². The van der Waals surface area contributed by atoms with Crippen molar-refractivity contribution in [2.75, 3.05) is 19.6 Å². The van der Waals surface area contributed by atoms with E-state index in [0.717, 1.165) is 50.4 Å². The van der Waals surface area contributed by atoms with E-state index in [1.54, 1.807) is 6.08 Å². The van der Waals surface area contributed by atoms with Crippen LogP contribution in [-0.2, 0) is 11.3 Å². The highest BCUT2D eigenvalue weighted by Gasteiger charge is 2.23. The molecule has 5 heteroatoms. The van der Waals surface area contributed by atoms with Gasteiger partial charge in [0, 0.05) is 67.7 Å². The van der Waals surface area contributed by atoms with Gasteiger partial charge in [-0.25, -0.2) is 4.39 Å². The summed E-state index contributed by atoms with van der Waals surface area (Å²) < 4.78 is 21.5. The molecule has 0 bridgehead atoms. The van der Waals surface area contributed by atoms with Gasteiger partial charge < -0.3 is 19.9 Å². The third kappa shape index (κ3) is 4.85. The molecule has 1 fully saturated rings. The van der Waals surface area contributed by atoms with Crippen LogP contribution in [-0.4, -0.2) is 41.2 Å². The molecule has 1 aromatic heterocycles. The number of rotatable bonds is 7. The lowest BCUT2D eigenvalue weighted by Gasteiger charge is -2.34. The summed E-state index contributed by atoms with van der Waals surface area (Å²) in [6.07, 6.45) is 8.82. The van der Waals surface area contributed by atoms with Crippen LogP contribution in [0.15, 0.2) is 60.8 Å². The van der Waals surface area contributed by atoms with E-state index in [-0.39, 0.29) is 18.0 Å². The van der Waals surface area contributed by atoms with Gasteiger partial charge in [0.25, 0.3) is 0 Å². The third-order valence-corrected chi connectivity index (χ3v) is 6.09. The molecule has 2 N–H and O–H groups in total. The summed E-state index contributed by atoms with van der Waals surface area (Å²) in [5, 5.41) is 1.24. The second kappa shape index (κ2) is 9.19. The first kappa shape index (κ1) is 20.9. The number of aromatic nitrogens is 1. The van der Waals surface area contributed by atoms with Crippen molar-refractivity contribution in [3.8, 4) is 0 Å². The SMILES string of the molecule is C=C(C)c1cn(CC(N)CN2CCC(OC3=CC=C(F)CC3)CC2)c2ccccc12. The van der Waals surface area contributed by atoms with Gasteiger partial charge in [0.15, 0.2) is 0 Å². The second-order valence-electron chi connectivity index (χ2n) is 8.62. The first-order valence-corrected chi connectivity index (χ1v) is 10.9. The molecule has 1 saturated heterocycles. The maximum Gasteiger partial charge on any atom is 0.101 e. The molecule has 30 heavy (non-hydrogen) atoms. The number of hydrogen-bond donors (Lipinski definition) is 1. The van der Waals surface area contributed by atoms with Gasteiger partial charge in [-0.05, 0) is 43.6 Å². The van der Waals surface area contributed by atoms with Crippen LogP contribution in [0.5, 0.6) is 0 Å². The summed E-state index contributed by atoms with van der Waals surface area (Å²) in [6, 6.07) is 8.51. The minimum absolute atomic E-state index is 0.0583. The van der Waals surface area contributed by atoms with Crippen LogP contribution in [0.1, 0.15) is 38.2 Å². The smallest absolute Gasteiger partial charge is 0.101 e. The lowest BCUT2D eigenvalue weighted by molar-refractivity contribution is 0.0436. The average Bonchev–Trinajstić information content (AvgIpc) is 3.10. The van der Waals surface area contributed by atoms with Crippen molar-refractivity contribution < 1.29 is 9.13 Å². The van der Waals surface area contributed by atoms with Gasteiger partial charge in [-0.2, -0.15) is 0 Å². The Hall–Kier alpha value is -2.37. The highest BCUT2D eigenvalue weighted by atomic mass is 19.1. The van der Waals surface area contributed by atoms with Crippen molar-refractivity contribution in [1.82, 2.24) is 9.47 Å². The first-order chi connectivity index (χ1) is 14.5. The zero-order valence-corrected chi connectivity index (χ0v) is 17.8. The fraction of sp³-hybridized carbons (Fsp3) is 0.440. The largest absolute Gasteiger partial charge is 0.495 e. The minimum Gasteiger partial charge on any atom is -0.495 e. The fourth-order valence-electron chi connectivity index (χ4n) is 4.49. The van der Waals surface area contributed by atoms with Gasteiger partial charge in [0.05, 0.1) is 5.76 Å². The van der Waals surface area contributed by atoms with Gasteiger partial charge >= 0.3 is 0 Å². The molecule has 160 valence electrons. The summed E-state index contributed by atoms with van der Waals surface area (Å²) >= 11 is 0. The molecule has 2 aliphatic rings. The monoisotopic (exact) mass is 409 g/mol. The standard InChI is InChI=1S/C25H32FN3O/c1-18(2)24-17-29(25-6-4-3-5-23(24)25)16-20(27)15-28-13-11-22(12-14-28)30-21-9-7-19(26)8-10-21/h3-7,9,17,20,22H,1,8,10-16,27H2,2H3. The molecule has 1 unspecified atom stereocenters. The molecule has 0 amide bonds. The van der Waals surface area contributed by atoms with Crippen LogP contribution < -0.4 is 5.73 Å². The van der Waals surface area contributed by atoms with Crippen molar-refractivity contribution in [2.24, 2.45) is 5.73 Å². The second-order valence-corrected chi connectivity index (χ2v) is 8.62. The number of hydrogen-bond acceptors (Lipinski definition) is 3. The van der Waals surface area contributed by atoms with Gasteiger partial charge in [-0.1, -0.05) is 24.8 Å². The van der Waals surface area contributed by atoms with Crippen LogP contribution in [0, 0.1) is 0 Å². The van der Waals surface area contributed by atoms with Crippen molar-refractivity contribution in [2.45, 2.75) is 51.3 Å². The van der Waals surface area contributed by atoms with E-state index >= 15 is 0 Å².